The molecule has 1 aromatic carbocycles. The molecule has 84 valence electrons. The molecule has 0 aliphatic rings. The van der Waals surface area contributed by atoms with E-state index >= 15 is 0 Å². The molecule has 0 saturated heterocycles. The minimum absolute atomic E-state index is 0.287. The topological polar surface area (TPSA) is 48.7 Å². The molecule has 0 bridgehead atoms. The molecular formula is C12H7ClFN3. The first kappa shape index (κ1) is 11.4. The van der Waals surface area contributed by atoms with E-state index in [1.165, 1.54) is 24.5 Å². The Labute approximate surface area is 102 Å². The first-order valence-corrected chi connectivity index (χ1v) is 5.14. The molecule has 0 unspecified atom stereocenters. The standard InChI is InChI=1S/C12H7ClFN3/c13-9-3-10(14)5-11(4-9)17-12-7-16-2-1-8(12)6-15/h1-5,7,17H. The highest BCUT2D eigenvalue weighted by Crippen LogP contribution is 2.23. The molecule has 0 saturated carbocycles. The third-order valence-electron chi connectivity index (χ3n) is 2.08. The summed E-state index contributed by atoms with van der Waals surface area (Å²) in [5.41, 5.74) is 1.41. The van der Waals surface area contributed by atoms with Gasteiger partial charge < -0.3 is 5.32 Å². The van der Waals surface area contributed by atoms with E-state index in [9.17, 15) is 4.39 Å². The first-order valence-electron chi connectivity index (χ1n) is 4.76. The molecule has 2 rings (SSSR count). The van der Waals surface area contributed by atoms with Crippen LogP contribution in [-0.4, -0.2) is 4.98 Å². The second-order valence-corrected chi connectivity index (χ2v) is 3.75. The van der Waals surface area contributed by atoms with Crippen molar-refractivity contribution in [1.29, 1.82) is 5.26 Å². The van der Waals surface area contributed by atoms with E-state index in [2.05, 4.69) is 10.3 Å². The van der Waals surface area contributed by atoms with Crippen molar-refractivity contribution in [3.63, 3.8) is 0 Å². The number of hydrogen-bond donors (Lipinski definition) is 1. The summed E-state index contributed by atoms with van der Waals surface area (Å²) < 4.78 is 13.1. The summed E-state index contributed by atoms with van der Waals surface area (Å²) >= 11 is 5.73. The quantitative estimate of drug-likeness (QED) is 0.884. The lowest BCUT2D eigenvalue weighted by atomic mass is 10.2. The Morgan fingerprint density at radius 1 is 1.35 bits per heavy atom. The number of benzene rings is 1. The molecular weight excluding hydrogens is 241 g/mol. The monoisotopic (exact) mass is 247 g/mol. The van der Waals surface area contributed by atoms with Crippen molar-refractivity contribution in [2.24, 2.45) is 0 Å². The molecule has 0 radical (unpaired) electrons. The number of nitriles is 1. The zero-order chi connectivity index (χ0) is 12.3. The molecule has 5 heteroatoms. The maximum atomic E-state index is 13.1. The largest absolute Gasteiger partial charge is 0.353 e. The van der Waals surface area contributed by atoms with Gasteiger partial charge in [-0.3, -0.25) is 4.98 Å². The van der Waals surface area contributed by atoms with Gasteiger partial charge in [-0.15, -0.1) is 0 Å². The average molecular weight is 248 g/mol. The van der Waals surface area contributed by atoms with Crippen molar-refractivity contribution in [2.45, 2.75) is 0 Å². The molecule has 1 aromatic heterocycles. The summed E-state index contributed by atoms with van der Waals surface area (Å²) in [6, 6.07) is 7.66. The zero-order valence-corrected chi connectivity index (χ0v) is 9.37. The van der Waals surface area contributed by atoms with E-state index in [0.29, 0.717) is 16.9 Å². The van der Waals surface area contributed by atoms with Crippen molar-refractivity contribution in [1.82, 2.24) is 4.98 Å². The Kier molecular flexibility index (Phi) is 3.22. The van der Waals surface area contributed by atoms with Crippen LogP contribution in [0.5, 0.6) is 0 Å². The van der Waals surface area contributed by atoms with E-state index in [4.69, 9.17) is 16.9 Å². The second kappa shape index (κ2) is 4.81. The van der Waals surface area contributed by atoms with Gasteiger partial charge in [0.25, 0.3) is 0 Å². The molecule has 3 nitrogen and oxygen atoms in total. The van der Waals surface area contributed by atoms with Crippen LogP contribution in [0.15, 0.2) is 36.7 Å². The summed E-state index contributed by atoms with van der Waals surface area (Å²) in [6.07, 6.45) is 3.01. The predicted octanol–water partition coefficient (Wildman–Crippen LogP) is 3.49. The van der Waals surface area contributed by atoms with Crippen LogP contribution in [0.25, 0.3) is 0 Å². The lowest BCUT2D eigenvalue weighted by molar-refractivity contribution is 0.628. The van der Waals surface area contributed by atoms with Gasteiger partial charge in [0.05, 0.1) is 17.4 Å². The molecule has 0 spiro atoms. The molecule has 0 fully saturated rings. The van der Waals surface area contributed by atoms with Crippen molar-refractivity contribution in [2.75, 3.05) is 5.32 Å². The molecule has 0 aliphatic heterocycles. The van der Waals surface area contributed by atoms with Crippen molar-refractivity contribution >= 4 is 23.0 Å². The van der Waals surface area contributed by atoms with E-state index in [1.807, 2.05) is 6.07 Å². The third kappa shape index (κ3) is 2.71. The molecule has 1 N–H and O–H groups in total. The fraction of sp³-hybridized carbons (Fsp3) is 0. The van der Waals surface area contributed by atoms with Gasteiger partial charge in [0.15, 0.2) is 0 Å². The van der Waals surface area contributed by atoms with Gasteiger partial charge in [-0.05, 0) is 24.3 Å². The number of pyridine rings is 1. The number of anilines is 2. The Morgan fingerprint density at radius 3 is 2.88 bits per heavy atom. The molecule has 0 aliphatic carbocycles. The Hall–Kier alpha value is -2.12. The van der Waals surface area contributed by atoms with Gasteiger partial charge in [0, 0.05) is 16.9 Å². The molecule has 2 aromatic rings. The van der Waals surface area contributed by atoms with Crippen LogP contribution in [0.1, 0.15) is 5.56 Å². The van der Waals surface area contributed by atoms with E-state index in [1.54, 1.807) is 12.1 Å². The zero-order valence-electron chi connectivity index (χ0n) is 8.61. The maximum absolute atomic E-state index is 13.1. The van der Waals surface area contributed by atoms with Crippen molar-refractivity contribution in [3.05, 3.63) is 53.1 Å². The number of halogens is 2. The number of aromatic nitrogens is 1. The molecule has 0 atom stereocenters. The molecule has 17 heavy (non-hydrogen) atoms. The van der Waals surface area contributed by atoms with Crippen LogP contribution in [0, 0.1) is 17.1 Å². The number of nitrogens with zero attached hydrogens (tertiary/aromatic N) is 2. The minimum Gasteiger partial charge on any atom is -0.353 e. The highest BCUT2D eigenvalue weighted by atomic mass is 35.5. The lowest BCUT2D eigenvalue weighted by Gasteiger charge is -2.07. The van der Waals surface area contributed by atoms with Gasteiger partial charge in [0.2, 0.25) is 0 Å². The van der Waals surface area contributed by atoms with Crippen LogP contribution in [0.2, 0.25) is 5.02 Å². The Balaban J connectivity index is 2.35. The minimum atomic E-state index is -0.442. The van der Waals surface area contributed by atoms with Crippen LogP contribution in [-0.2, 0) is 0 Å². The van der Waals surface area contributed by atoms with Crippen LogP contribution < -0.4 is 5.32 Å². The Bertz CT molecular complexity index is 572. The van der Waals surface area contributed by atoms with Gasteiger partial charge in [-0.2, -0.15) is 5.26 Å². The SMILES string of the molecule is N#Cc1ccncc1Nc1cc(F)cc(Cl)c1. The van der Waals surface area contributed by atoms with Gasteiger partial charge >= 0.3 is 0 Å². The normalized spacial score (nSPS) is 9.71. The maximum Gasteiger partial charge on any atom is 0.126 e. The Morgan fingerprint density at radius 2 is 2.18 bits per heavy atom. The van der Waals surface area contributed by atoms with Crippen molar-refractivity contribution < 1.29 is 4.39 Å². The fourth-order valence-corrected chi connectivity index (χ4v) is 1.59. The fourth-order valence-electron chi connectivity index (χ4n) is 1.37. The van der Waals surface area contributed by atoms with Gasteiger partial charge in [0.1, 0.15) is 11.9 Å². The summed E-state index contributed by atoms with van der Waals surface area (Å²) in [5, 5.41) is 12.1. The molecule has 0 amide bonds. The molecule has 1 heterocycles. The summed E-state index contributed by atoms with van der Waals surface area (Å²) in [5.74, 6) is -0.442. The third-order valence-corrected chi connectivity index (χ3v) is 2.30. The summed E-state index contributed by atoms with van der Waals surface area (Å²) in [7, 11) is 0. The summed E-state index contributed by atoms with van der Waals surface area (Å²) in [6.45, 7) is 0. The number of hydrogen-bond acceptors (Lipinski definition) is 3. The van der Waals surface area contributed by atoms with Crippen LogP contribution >= 0.6 is 11.6 Å². The highest BCUT2D eigenvalue weighted by molar-refractivity contribution is 6.30. The highest BCUT2D eigenvalue weighted by Gasteiger charge is 2.04. The second-order valence-electron chi connectivity index (χ2n) is 3.32. The first-order chi connectivity index (χ1) is 8.19. The van der Waals surface area contributed by atoms with Gasteiger partial charge in [-0.1, -0.05) is 11.6 Å². The predicted molar refractivity (Wildman–Crippen MR) is 63.6 cm³/mol. The lowest BCUT2D eigenvalue weighted by Crippen LogP contribution is -1.95. The van der Waals surface area contributed by atoms with Crippen molar-refractivity contribution in [3.8, 4) is 6.07 Å². The van der Waals surface area contributed by atoms with Crippen LogP contribution in [0.3, 0.4) is 0 Å². The van der Waals surface area contributed by atoms with E-state index in [-0.39, 0.29) is 5.02 Å². The van der Waals surface area contributed by atoms with E-state index < -0.39 is 5.82 Å². The number of rotatable bonds is 2. The number of nitrogens with one attached hydrogen (secondary N) is 1. The average Bonchev–Trinajstić information content (AvgIpc) is 2.28. The van der Waals surface area contributed by atoms with E-state index in [0.717, 1.165) is 0 Å². The van der Waals surface area contributed by atoms with Gasteiger partial charge in [-0.25, -0.2) is 4.39 Å². The van der Waals surface area contributed by atoms with Crippen LogP contribution in [0.4, 0.5) is 15.8 Å². The smallest absolute Gasteiger partial charge is 0.126 e. The summed E-state index contributed by atoms with van der Waals surface area (Å²) in [4.78, 5) is 3.89.